The normalized spacial score (nSPS) is 14.8. The highest BCUT2D eigenvalue weighted by atomic mass is 16.2. The van der Waals surface area contributed by atoms with Gasteiger partial charge in [-0.2, -0.15) is 0 Å². The second-order valence-corrected chi connectivity index (χ2v) is 5.23. The average Bonchev–Trinajstić information content (AvgIpc) is 2.84. The Labute approximate surface area is 118 Å². The summed E-state index contributed by atoms with van der Waals surface area (Å²) in [4.78, 5) is 11.8. The Morgan fingerprint density at radius 1 is 1.30 bits per heavy atom. The summed E-state index contributed by atoms with van der Waals surface area (Å²) < 4.78 is 1.62. The van der Waals surface area contributed by atoms with Gasteiger partial charge in [-0.3, -0.25) is 4.79 Å². The number of nitrogens with one attached hydrogen (secondary N) is 1. The van der Waals surface area contributed by atoms with Gasteiger partial charge >= 0.3 is 0 Å². The smallest absolute Gasteiger partial charge is 0.242 e. The van der Waals surface area contributed by atoms with E-state index in [0.29, 0.717) is 12.5 Å². The lowest BCUT2D eigenvalue weighted by Gasteiger charge is -2.22. The maximum atomic E-state index is 11.8. The van der Waals surface area contributed by atoms with Crippen LogP contribution in [0.15, 0.2) is 36.5 Å². The lowest BCUT2D eigenvalue weighted by atomic mass is 9.83. The number of carbonyl (C=O) groups excluding carboxylic acids is 1. The van der Waals surface area contributed by atoms with Crippen molar-refractivity contribution in [3.63, 3.8) is 0 Å². The van der Waals surface area contributed by atoms with Crippen molar-refractivity contribution < 1.29 is 4.79 Å². The molecule has 1 N–H and O–H groups in total. The maximum absolute atomic E-state index is 11.8. The topological polar surface area (TPSA) is 59.8 Å². The fourth-order valence-electron chi connectivity index (χ4n) is 2.28. The van der Waals surface area contributed by atoms with Crippen LogP contribution in [0, 0.1) is 0 Å². The molecule has 20 heavy (non-hydrogen) atoms. The number of aromatic nitrogens is 3. The van der Waals surface area contributed by atoms with Gasteiger partial charge in [-0.1, -0.05) is 42.0 Å². The molecule has 1 aromatic heterocycles. The van der Waals surface area contributed by atoms with E-state index in [-0.39, 0.29) is 12.5 Å². The van der Waals surface area contributed by atoms with Crippen LogP contribution in [0.4, 0.5) is 0 Å². The molecule has 0 aliphatic heterocycles. The largest absolute Gasteiger partial charge is 0.350 e. The number of benzene rings is 1. The predicted molar refractivity (Wildman–Crippen MR) is 74.9 cm³/mol. The molecule has 5 nitrogen and oxygen atoms in total. The molecule has 0 atom stereocenters. The second-order valence-electron chi connectivity index (χ2n) is 5.23. The Morgan fingerprint density at radius 2 is 2.10 bits per heavy atom. The van der Waals surface area contributed by atoms with E-state index in [2.05, 4.69) is 15.6 Å². The lowest BCUT2D eigenvalue weighted by molar-refractivity contribution is -0.122. The molecule has 1 aromatic carbocycles. The van der Waals surface area contributed by atoms with E-state index in [1.807, 2.05) is 36.5 Å². The molecule has 0 radical (unpaired) electrons. The third kappa shape index (κ3) is 3.04. The van der Waals surface area contributed by atoms with E-state index in [1.54, 1.807) is 4.68 Å². The van der Waals surface area contributed by atoms with E-state index in [0.717, 1.165) is 11.3 Å². The Bertz CT molecular complexity index is 575. The van der Waals surface area contributed by atoms with Crippen LogP contribution in [0.2, 0.25) is 0 Å². The molecule has 0 bridgehead atoms. The highest BCUT2D eigenvalue weighted by molar-refractivity contribution is 5.75. The fraction of sp³-hybridized carbons (Fsp3) is 0.400. The predicted octanol–water partition coefficient (Wildman–Crippen LogP) is 1.86. The van der Waals surface area contributed by atoms with Crippen LogP contribution < -0.4 is 5.32 Å². The molecule has 1 saturated carbocycles. The van der Waals surface area contributed by atoms with Crippen LogP contribution in [0.25, 0.3) is 0 Å². The summed E-state index contributed by atoms with van der Waals surface area (Å²) in [6, 6.07) is 9.87. The Kier molecular flexibility index (Phi) is 3.76. The number of carbonyl (C=O) groups is 1. The van der Waals surface area contributed by atoms with E-state index >= 15 is 0 Å². The van der Waals surface area contributed by atoms with Crippen molar-refractivity contribution in [3.8, 4) is 0 Å². The van der Waals surface area contributed by atoms with Crippen molar-refractivity contribution in [2.24, 2.45) is 0 Å². The molecule has 0 saturated heterocycles. The molecule has 5 heteroatoms. The number of nitrogens with zero attached hydrogens (tertiary/aromatic N) is 3. The summed E-state index contributed by atoms with van der Waals surface area (Å²) in [5.41, 5.74) is 2.11. The lowest BCUT2D eigenvalue weighted by Crippen LogP contribution is -2.27. The van der Waals surface area contributed by atoms with Crippen LogP contribution in [-0.2, 0) is 17.9 Å². The molecular formula is C15H18N4O. The highest BCUT2D eigenvalue weighted by Crippen LogP contribution is 2.34. The number of hydrogen-bond donors (Lipinski definition) is 1. The van der Waals surface area contributed by atoms with Gasteiger partial charge in [0.25, 0.3) is 0 Å². The van der Waals surface area contributed by atoms with Gasteiger partial charge in [0.05, 0.1) is 5.69 Å². The van der Waals surface area contributed by atoms with Gasteiger partial charge < -0.3 is 5.32 Å². The first kappa shape index (κ1) is 12.8. The molecule has 0 spiro atoms. The summed E-state index contributed by atoms with van der Waals surface area (Å²) in [5.74, 6) is 0.509. The third-order valence-corrected chi connectivity index (χ3v) is 3.72. The summed E-state index contributed by atoms with van der Waals surface area (Å²) in [6.07, 6.45) is 5.55. The molecule has 1 fully saturated rings. The van der Waals surface area contributed by atoms with E-state index in [1.165, 1.54) is 19.3 Å². The monoisotopic (exact) mass is 270 g/mol. The van der Waals surface area contributed by atoms with Gasteiger partial charge in [-0.15, -0.1) is 5.10 Å². The van der Waals surface area contributed by atoms with Crippen LogP contribution in [-0.4, -0.2) is 20.9 Å². The van der Waals surface area contributed by atoms with Crippen molar-refractivity contribution in [2.45, 2.75) is 38.3 Å². The molecule has 3 rings (SSSR count). The molecule has 1 aliphatic carbocycles. The van der Waals surface area contributed by atoms with Gasteiger partial charge in [0, 0.05) is 18.7 Å². The van der Waals surface area contributed by atoms with Crippen molar-refractivity contribution in [2.75, 3.05) is 0 Å². The summed E-state index contributed by atoms with van der Waals surface area (Å²) >= 11 is 0. The first-order valence-electron chi connectivity index (χ1n) is 7.02. The first-order chi connectivity index (χ1) is 9.81. The Hall–Kier alpha value is -2.17. The quantitative estimate of drug-likeness (QED) is 0.902. The molecule has 2 aromatic rings. The number of hydrogen-bond acceptors (Lipinski definition) is 3. The van der Waals surface area contributed by atoms with E-state index in [4.69, 9.17) is 0 Å². The number of rotatable bonds is 5. The second kappa shape index (κ2) is 5.86. The minimum absolute atomic E-state index is 0.0427. The summed E-state index contributed by atoms with van der Waals surface area (Å²) in [5, 5.41) is 11.0. The fourth-order valence-corrected chi connectivity index (χ4v) is 2.28. The molecule has 0 unspecified atom stereocenters. The highest BCUT2D eigenvalue weighted by Gasteiger charge is 2.22. The molecular weight excluding hydrogens is 252 g/mol. The van der Waals surface area contributed by atoms with Crippen LogP contribution in [0.1, 0.15) is 36.4 Å². The van der Waals surface area contributed by atoms with Crippen LogP contribution in [0.5, 0.6) is 0 Å². The first-order valence-corrected chi connectivity index (χ1v) is 7.02. The Balaban J connectivity index is 1.49. The van der Waals surface area contributed by atoms with Gasteiger partial charge in [0.15, 0.2) is 0 Å². The van der Waals surface area contributed by atoms with Gasteiger partial charge in [-0.25, -0.2) is 4.68 Å². The third-order valence-electron chi connectivity index (χ3n) is 3.72. The van der Waals surface area contributed by atoms with Crippen molar-refractivity contribution in [1.82, 2.24) is 20.3 Å². The number of amides is 1. The zero-order chi connectivity index (χ0) is 13.8. The molecule has 1 amide bonds. The van der Waals surface area contributed by atoms with E-state index in [9.17, 15) is 4.79 Å². The van der Waals surface area contributed by atoms with Gasteiger partial charge in [-0.05, 0) is 18.4 Å². The van der Waals surface area contributed by atoms with Crippen LogP contribution >= 0.6 is 0 Å². The van der Waals surface area contributed by atoms with Crippen molar-refractivity contribution >= 4 is 5.91 Å². The Morgan fingerprint density at radius 3 is 2.80 bits per heavy atom. The maximum Gasteiger partial charge on any atom is 0.242 e. The standard InChI is InChI=1S/C15H18N4O/c20-15(16-9-12-5-2-1-3-6-12)11-19-10-14(17-18-19)13-7-4-8-13/h1-3,5-6,10,13H,4,7-9,11H2,(H,16,20). The van der Waals surface area contributed by atoms with E-state index < -0.39 is 0 Å². The average molecular weight is 270 g/mol. The summed E-state index contributed by atoms with van der Waals surface area (Å²) in [7, 11) is 0. The zero-order valence-corrected chi connectivity index (χ0v) is 11.3. The van der Waals surface area contributed by atoms with Crippen molar-refractivity contribution in [3.05, 3.63) is 47.8 Å². The van der Waals surface area contributed by atoms with Gasteiger partial charge in [0.2, 0.25) is 5.91 Å². The van der Waals surface area contributed by atoms with Gasteiger partial charge in [0.1, 0.15) is 6.54 Å². The molecule has 104 valence electrons. The molecule has 1 heterocycles. The zero-order valence-electron chi connectivity index (χ0n) is 11.3. The minimum Gasteiger partial charge on any atom is -0.350 e. The minimum atomic E-state index is -0.0427. The van der Waals surface area contributed by atoms with Crippen LogP contribution in [0.3, 0.4) is 0 Å². The SMILES string of the molecule is O=C(Cn1cc(C2CCC2)nn1)NCc1ccccc1. The summed E-state index contributed by atoms with van der Waals surface area (Å²) in [6.45, 7) is 0.774. The van der Waals surface area contributed by atoms with Crippen molar-refractivity contribution in [1.29, 1.82) is 0 Å². The molecule has 1 aliphatic rings.